The molecule has 2 heterocycles. The zero-order valence-electron chi connectivity index (χ0n) is 30.7. The summed E-state index contributed by atoms with van der Waals surface area (Å²) in [5.74, 6) is 1.35. The molecular weight excluding hydrogens is 701 g/mol. The minimum atomic E-state index is -4.10. The normalized spacial score (nSPS) is 18.5. The Morgan fingerprint density at radius 2 is 1.47 bits per heavy atom. The number of aromatic nitrogens is 2. The Morgan fingerprint density at radius 1 is 0.868 bits per heavy atom. The molecule has 0 bridgehead atoms. The van der Waals surface area contributed by atoms with E-state index in [1.54, 1.807) is 28.1 Å². The SMILES string of the molecule is CCOP(=O)(OCCCCCCN)O[C@H]1C[C@H](n2cc(C)c(=O)[nH]c2=O)O[C@@H]1COC(c1ccccc1)(c1ccc(OC)cc1)c1ccc(OC)cc1. The number of H-pyrrole nitrogens is 1. The van der Waals surface area contributed by atoms with Gasteiger partial charge in [-0.25, -0.2) is 9.36 Å². The second-order valence-corrected chi connectivity index (χ2v) is 14.3. The number of rotatable bonds is 20. The number of unbranched alkanes of at least 4 members (excludes halogenated alkanes) is 3. The molecule has 4 atom stereocenters. The van der Waals surface area contributed by atoms with E-state index in [-0.39, 0.29) is 26.2 Å². The number of ether oxygens (including phenoxy) is 4. The number of hydrogen-bond donors (Lipinski definition) is 2. The molecule has 1 unspecified atom stereocenters. The van der Waals surface area contributed by atoms with Crippen LogP contribution in [0.3, 0.4) is 0 Å². The number of phosphoric ester groups is 1. The van der Waals surface area contributed by atoms with Crippen molar-refractivity contribution in [1.29, 1.82) is 0 Å². The number of aryl methyl sites for hydroxylation is 1. The third kappa shape index (κ3) is 9.73. The number of aromatic amines is 1. The maximum atomic E-state index is 14.1. The molecule has 286 valence electrons. The van der Waals surface area contributed by atoms with Gasteiger partial charge in [0.1, 0.15) is 35.5 Å². The lowest BCUT2D eigenvalue weighted by molar-refractivity contribution is -0.0945. The first-order valence-electron chi connectivity index (χ1n) is 17.9. The van der Waals surface area contributed by atoms with Gasteiger partial charge in [0.15, 0.2) is 0 Å². The van der Waals surface area contributed by atoms with Gasteiger partial charge in [-0.2, -0.15) is 0 Å². The molecule has 14 heteroatoms. The van der Waals surface area contributed by atoms with Crippen LogP contribution in [0.25, 0.3) is 0 Å². The first-order valence-corrected chi connectivity index (χ1v) is 19.4. The molecule has 3 N–H and O–H groups in total. The van der Waals surface area contributed by atoms with Crippen LogP contribution < -0.4 is 26.5 Å². The van der Waals surface area contributed by atoms with Gasteiger partial charge in [0.25, 0.3) is 5.56 Å². The molecule has 5 rings (SSSR count). The maximum Gasteiger partial charge on any atom is 0.475 e. The summed E-state index contributed by atoms with van der Waals surface area (Å²) >= 11 is 0. The van der Waals surface area contributed by atoms with Crippen LogP contribution in [0.5, 0.6) is 11.5 Å². The van der Waals surface area contributed by atoms with Gasteiger partial charge in [0, 0.05) is 18.2 Å². The van der Waals surface area contributed by atoms with Crippen LogP contribution in [0.1, 0.15) is 67.5 Å². The van der Waals surface area contributed by atoms with Crippen LogP contribution in [0.15, 0.2) is 94.6 Å². The van der Waals surface area contributed by atoms with E-state index in [9.17, 15) is 14.2 Å². The Kier molecular flexibility index (Phi) is 14.2. The van der Waals surface area contributed by atoms with E-state index < -0.39 is 43.1 Å². The number of phosphoric acid groups is 1. The lowest BCUT2D eigenvalue weighted by atomic mass is 9.80. The highest BCUT2D eigenvalue weighted by Gasteiger charge is 2.46. The Hall–Kier alpha value is -4.07. The number of benzene rings is 3. The summed E-state index contributed by atoms with van der Waals surface area (Å²) in [6, 6.07) is 25.0. The highest BCUT2D eigenvalue weighted by molar-refractivity contribution is 7.48. The number of nitrogens with one attached hydrogen (secondary N) is 1. The smallest absolute Gasteiger partial charge is 0.475 e. The molecule has 3 aromatic carbocycles. The fourth-order valence-corrected chi connectivity index (χ4v) is 7.83. The second kappa shape index (κ2) is 18.8. The minimum absolute atomic E-state index is 0.0766. The van der Waals surface area contributed by atoms with Gasteiger partial charge >= 0.3 is 13.5 Å². The van der Waals surface area contributed by atoms with Crippen molar-refractivity contribution in [3.63, 3.8) is 0 Å². The number of methoxy groups -OCH3 is 2. The summed E-state index contributed by atoms with van der Waals surface area (Å²) in [4.78, 5) is 27.6. The van der Waals surface area contributed by atoms with Crippen LogP contribution in [0.2, 0.25) is 0 Å². The highest BCUT2D eigenvalue weighted by Crippen LogP contribution is 2.53. The first-order chi connectivity index (χ1) is 25.7. The van der Waals surface area contributed by atoms with Crippen molar-refractivity contribution >= 4 is 7.82 Å². The average molecular weight is 752 g/mol. The Bertz CT molecular complexity index is 1850. The van der Waals surface area contributed by atoms with Gasteiger partial charge in [-0.3, -0.25) is 27.9 Å². The molecule has 1 aliphatic rings. The monoisotopic (exact) mass is 751 g/mol. The van der Waals surface area contributed by atoms with Crippen LogP contribution >= 0.6 is 7.82 Å². The summed E-state index contributed by atoms with van der Waals surface area (Å²) in [5.41, 5.74) is 6.03. The number of nitrogens with two attached hydrogens (primary N) is 1. The molecule has 1 saturated heterocycles. The lowest BCUT2D eigenvalue weighted by Gasteiger charge is -2.37. The predicted molar refractivity (Wildman–Crippen MR) is 200 cm³/mol. The van der Waals surface area contributed by atoms with Gasteiger partial charge in [-0.1, -0.05) is 67.4 Å². The van der Waals surface area contributed by atoms with Gasteiger partial charge in [-0.15, -0.1) is 0 Å². The number of hydrogen-bond acceptors (Lipinski definition) is 11. The quantitative estimate of drug-likeness (QED) is 0.0599. The third-order valence-electron chi connectivity index (χ3n) is 9.17. The molecule has 0 aliphatic carbocycles. The summed E-state index contributed by atoms with van der Waals surface area (Å²) < 4.78 is 57.6. The molecular formula is C39H50N3O10P. The predicted octanol–water partition coefficient (Wildman–Crippen LogP) is 6.22. The van der Waals surface area contributed by atoms with Crippen LogP contribution in [0.4, 0.5) is 0 Å². The third-order valence-corrected chi connectivity index (χ3v) is 10.8. The molecule has 4 aromatic rings. The van der Waals surface area contributed by atoms with E-state index in [0.717, 1.165) is 36.0 Å². The molecule has 13 nitrogen and oxygen atoms in total. The summed E-state index contributed by atoms with van der Waals surface area (Å²) in [6.07, 6.45) is 2.16. The molecule has 1 fully saturated rings. The molecule has 0 saturated carbocycles. The van der Waals surface area contributed by atoms with Gasteiger partial charge < -0.3 is 24.7 Å². The molecule has 0 amide bonds. The van der Waals surface area contributed by atoms with E-state index in [1.165, 1.54) is 10.8 Å². The van der Waals surface area contributed by atoms with Gasteiger partial charge in [0.2, 0.25) is 0 Å². The van der Waals surface area contributed by atoms with Gasteiger partial charge in [0.05, 0.1) is 34.0 Å². The fourth-order valence-electron chi connectivity index (χ4n) is 6.41. The standard InChI is InChI=1S/C39H50N3O10P/c1-5-49-53(45,50-24-12-7-6-11-23-40)52-34-25-36(42-26-28(2)37(43)41-38(42)44)51-35(34)27-48-39(29-13-9-8-10-14-29,30-15-19-32(46-3)20-16-30)31-17-21-33(47-4)22-18-31/h8-10,13-22,26,34-36H,5-7,11-12,23-25,27,40H2,1-4H3,(H,41,43,44)/t34-,35+,36+,53?/m0/s1. The van der Waals surface area contributed by atoms with Crippen molar-refractivity contribution in [3.05, 3.63) is 128 Å². The number of nitrogens with zero attached hydrogens (tertiary/aromatic N) is 1. The summed E-state index contributed by atoms with van der Waals surface area (Å²) in [7, 11) is -0.886. The topological polar surface area (TPSA) is 163 Å². The van der Waals surface area contributed by atoms with Crippen molar-refractivity contribution < 1.29 is 37.1 Å². The van der Waals surface area contributed by atoms with Gasteiger partial charge in [-0.05, 0) is 74.2 Å². The van der Waals surface area contributed by atoms with Crippen molar-refractivity contribution in [1.82, 2.24) is 9.55 Å². The van der Waals surface area contributed by atoms with Crippen molar-refractivity contribution in [2.75, 3.05) is 40.6 Å². The minimum Gasteiger partial charge on any atom is -0.497 e. The first kappa shape index (κ1) is 40.1. The zero-order valence-corrected chi connectivity index (χ0v) is 31.6. The van der Waals surface area contributed by atoms with E-state index in [4.69, 9.17) is 38.3 Å². The molecule has 53 heavy (non-hydrogen) atoms. The Balaban J connectivity index is 1.54. The van der Waals surface area contributed by atoms with E-state index in [2.05, 4.69) is 4.98 Å². The lowest BCUT2D eigenvalue weighted by Crippen LogP contribution is -2.38. The summed E-state index contributed by atoms with van der Waals surface area (Å²) in [5, 5.41) is 0. The van der Waals surface area contributed by atoms with Crippen LogP contribution in [-0.4, -0.2) is 62.3 Å². The highest BCUT2D eigenvalue weighted by atomic mass is 31.2. The second-order valence-electron chi connectivity index (χ2n) is 12.7. The molecule has 1 aromatic heterocycles. The van der Waals surface area contributed by atoms with E-state index in [1.807, 2.05) is 78.9 Å². The van der Waals surface area contributed by atoms with Crippen LogP contribution in [-0.2, 0) is 33.2 Å². The molecule has 0 radical (unpaired) electrons. The van der Waals surface area contributed by atoms with Crippen molar-refractivity contribution in [3.8, 4) is 11.5 Å². The summed E-state index contributed by atoms with van der Waals surface area (Å²) in [6.45, 7) is 4.05. The zero-order chi connectivity index (χ0) is 37.8. The van der Waals surface area contributed by atoms with Crippen LogP contribution in [0, 0.1) is 6.92 Å². The molecule has 0 spiro atoms. The average Bonchev–Trinajstić information content (AvgIpc) is 3.57. The van der Waals surface area contributed by atoms with E-state index >= 15 is 0 Å². The van der Waals surface area contributed by atoms with E-state index in [0.29, 0.717) is 30.0 Å². The van der Waals surface area contributed by atoms with Crippen molar-refractivity contribution in [2.24, 2.45) is 5.73 Å². The molecule has 1 aliphatic heterocycles. The largest absolute Gasteiger partial charge is 0.497 e. The van der Waals surface area contributed by atoms with Crippen molar-refractivity contribution in [2.45, 2.75) is 70.0 Å². The fraction of sp³-hybridized carbons (Fsp3) is 0.436. The maximum absolute atomic E-state index is 14.1. The Labute approximate surface area is 309 Å². The Morgan fingerprint density at radius 3 is 2.06 bits per heavy atom.